The maximum atomic E-state index is 12.7. The minimum absolute atomic E-state index is 0.0569. The van der Waals surface area contributed by atoms with Crippen LogP contribution in [0.1, 0.15) is 6.92 Å². The average molecular weight is 414 g/mol. The van der Waals surface area contributed by atoms with Gasteiger partial charge in [-0.2, -0.15) is 4.73 Å². The summed E-state index contributed by atoms with van der Waals surface area (Å²) in [5.74, 6) is 0.820. The van der Waals surface area contributed by atoms with E-state index in [9.17, 15) is 18.4 Å². The molecule has 2 rings (SSSR count). The molecule has 26 heavy (non-hydrogen) atoms. The Hall–Kier alpha value is -2.15. The van der Waals surface area contributed by atoms with Crippen LogP contribution in [0.25, 0.3) is 10.6 Å². The molecule has 2 aromatic rings. The third-order valence-corrected chi connectivity index (χ3v) is 5.93. The number of thiazole rings is 1. The molecule has 0 saturated heterocycles. The molecule has 0 aliphatic rings. The van der Waals surface area contributed by atoms with Gasteiger partial charge in [-0.15, -0.1) is 6.42 Å². The molecule has 0 aliphatic heterocycles. The van der Waals surface area contributed by atoms with E-state index in [1.165, 1.54) is 24.2 Å². The van der Waals surface area contributed by atoms with Crippen molar-refractivity contribution in [3.8, 4) is 22.9 Å². The predicted molar refractivity (Wildman–Crippen MR) is 102 cm³/mol. The van der Waals surface area contributed by atoms with Crippen molar-refractivity contribution in [2.24, 2.45) is 5.92 Å². The number of aromatic nitrogens is 2. The summed E-state index contributed by atoms with van der Waals surface area (Å²) < 4.78 is 23.6. The van der Waals surface area contributed by atoms with Crippen LogP contribution in [0.5, 0.6) is 0 Å². The molecule has 0 fully saturated rings. The number of nitrogens with zero attached hydrogens (tertiary/aromatic N) is 3. The molecule has 1 atom stereocenters. The molecule has 0 spiro atoms. The first-order valence-electron chi connectivity index (χ1n) is 7.40. The van der Waals surface area contributed by atoms with E-state index in [1.54, 1.807) is 12.1 Å². The number of carbonyl (C=O) groups is 1. The second-order valence-electron chi connectivity index (χ2n) is 5.69. The molecule has 138 valence electrons. The summed E-state index contributed by atoms with van der Waals surface area (Å²) in [5.41, 5.74) is 0.540. The van der Waals surface area contributed by atoms with Crippen LogP contribution in [-0.4, -0.2) is 37.9 Å². The van der Waals surface area contributed by atoms with Crippen LogP contribution >= 0.6 is 22.9 Å². The third-order valence-electron chi connectivity index (χ3n) is 3.33. The summed E-state index contributed by atoms with van der Waals surface area (Å²) in [6.45, 7) is 1.44. The summed E-state index contributed by atoms with van der Waals surface area (Å²) in [6, 6.07) is 3.25. The normalized spacial score (nSPS) is 12.4. The molecule has 10 heteroatoms. The number of terminal acetylenes is 1. The van der Waals surface area contributed by atoms with Crippen LogP contribution in [0.4, 0.5) is 5.00 Å². The monoisotopic (exact) mass is 413 g/mol. The van der Waals surface area contributed by atoms with Gasteiger partial charge in [0.25, 0.3) is 0 Å². The van der Waals surface area contributed by atoms with Crippen LogP contribution in [0.15, 0.2) is 24.5 Å². The summed E-state index contributed by atoms with van der Waals surface area (Å²) >= 11 is 7.28. The fourth-order valence-electron chi connectivity index (χ4n) is 2.30. The molecular formula is C16H16ClN3O4S2. The van der Waals surface area contributed by atoms with Gasteiger partial charge in [-0.25, -0.2) is 13.4 Å². The highest BCUT2D eigenvalue weighted by molar-refractivity contribution is 7.90. The van der Waals surface area contributed by atoms with Gasteiger partial charge < -0.3 is 5.21 Å². The van der Waals surface area contributed by atoms with E-state index < -0.39 is 21.7 Å². The Morgan fingerprint density at radius 1 is 1.58 bits per heavy atom. The number of sulfone groups is 1. The summed E-state index contributed by atoms with van der Waals surface area (Å²) in [5, 5.41) is 12.2. The zero-order valence-corrected chi connectivity index (χ0v) is 16.4. The largest absolute Gasteiger partial charge is 0.619 e. The minimum Gasteiger partial charge on any atom is -0.619 e. The number of pyridine rings is 1. The molecule has 0 bridgehead atoms. The van der Waals surface area contributed by atoms with Gasteiger partial charge in [0.15, 0.2) is 17.5 Å². The Morgan fingerprint density at radius 2 is 2.27 bits per heavy atom. The van der Waals surface area contributed by atoms with E-state index >= 15 is 0 Å². The van der Waals surface area contributed by atoms with E-state index in [2.05, 4.69) is 10.9 Å². The second kappa shape index (κ2) is 8.03. The summed E-state index contributed by atoms with van der Waals surface area (Å²) in [7, 11) is -3.33. The van der Waals surface area contributed by atoms with Crippen LogP contribution in [0.3, 0.4) is 0 Å². The van der Waals surface area contributed by atoms with Gasteiger partial charge in [0.05, 0.1) is 17.9 Å². The van der Waals surface area contributed by atoms with Gasteiger partial charge in [0, 0.05) is 18.2 Å². The average Bonchev–Trinajstić information content (AvgIpc) is 2.92. The van der Waals surface area contributed by atoms with Crippen molar-refractivity contribution >= 4 is 43.7 Å². The topological polar surface area (TPSA) is 94.3 Å². The van der Waals surface area contributed by atoms with Gasteiger partial charge in [-0.05, 0) is 6.07 Å². The molecule has 1 amide bonds. The highest BCUT2D eigenvalue weighted by Crippen LogP contribution is 2.37. The van der Waals surface area contributed by atoms with E-state index in [0.29, 0.717) is 20.3 Å². The number of anilines is 1. The Morgan fingerprint density at radius 3 is 2.85 bits per heavy atom. The van der Waals surface area contributed by atoms with Crippen molar-refractivity contribution in [3.63, 3.8) is 0 Å². The number of halogens is 1. The molecule has 0 aromatic carbocycles. The number of carbonyl (C=O) groups excluding carboxylic acids is 1. The molecule has 0 N–H and O–H groups in total. The Labute approximate surface area is 160 Å². The van der Waals surface area contributed by atoms with E-state index in [1.807, 2.05) is 0 Å². The molecule has 1 unspecified atom stereocenters. The second-order valence-corrected chi connectivity index (χ2v) is 9.21. The van der Waals surface area contributed by atoms with Gasteiger partial charge in [-0.1, -0.05) is 35.8 Å². The van der Waals surface area contributed by atoms with E-state index in [0.717, 1.165) is 17.6 Å². The number of amides is 1. The first-order valence-corrected chi connectivity index (χ1v) is 10.7. The Bertz CT molecular complexity index is 966. The number of hydrogen-bond acceptors (Lipinski definition) is 6. The Kier molecular flexibility index (Phi) is 6.23. The molecule has 2 heterocycles. The van der Waals surface area contributed by atoms with Gasteiger partial charge >= 0.3 is 0 Å². The molecule has 0 saturated carbocycles. The van der Waals surface area contributed by atoms with Gasteiger partial charge in [0.2, 0.25) is 5.91 Å². The minimum atomic E-state index is -3.33. The van der Waals surface area contributed by atoms with Gasteiger partial charge in [-0.3, -0.25) is 9.69 Å². The quantitative estimate of drug-likeness (QED) is 0.408. The van der Waals surface area contributed by atoms with E-state index in [-0.39, 0.29) is 17.5 Å². The highest BCUT2D eigenvalue weighted by atomic mass is 35.5. The van der Waals surface area contributed by atoms with E-state index in [4.69, 9.17) is 18.0 Å². The van der Waals surface area contributed by atoms with Crippen molar-refractivity contribution in [1.82, 2.24) is 4.98 Å². The number of rotatable bonds is 6. The SMILES string of the molecule is C#CCN(C(=O)C(C)CS(C)(=O)=O)c1sc(-c2ccc[n+]([O-])c2)nc1Cl. The first-order chi connectivity index (χ1) is 12.1. The third kappa shape index (κ3) is 4.94. The van der Waals surface area contributed by atoms with Crippen molar-refractivity contribution in [1.29, 1.82) is 0 Å². The zero-order chi connectivity index (χ0) is 19.5. The fourth-order valence-corrected chi connectivity index (χ4v) is 4.65. The molecular weight excluding hydrogens is 398 g/mol. The molecule has 0 aliphatic carbocycles. The molecule has 7 nitrogen and oxygen atoms in total. The maximum Gasteiger partial charge on any atom is 0.232 e. The Balaban J connectivity index is 2.39. The fraction of sp³-hybridized carbons (Fsp3) is 0.312. The molecule has 2 aromatic heterocycles. The standard InChI is InChI=1S/C16H16ClN3O4S2/c1-4-7-20(15(21)11(2)10-26(3,23)24)16-13(17)18-14(25-16)12-6-5-8-19(22)9-12/h1,5-6,8-9,11H,7,10H2,2-3H3. The maximum absolute atomic E-state index is 12.7. The first kappa shape index (κ1) is 20.2. The highest BCUT2D eigenvalue weighted by Gasteiger charge is 2.28. The van der Waals surface area contributed by atoms with Crippen LogP contribution < -0.4 is 9.63 Å². The predicted octanol–water partition coefficient (Wildman–Crippen LogP) is 1.74. The van der Waals surface area contributed by atoms with Crippen LogP contribution in [0, 0.1) is 23.5 Å². The summed E-state index contributed by atoms with van der Waals surface area (Å²) in [4.78, 5) is 18.1. The van der Waals surface area contributed by atoms with Crippen molar-refractivity contribution in [3.05, 3.63) is 34.9 Å². The molecule has 0 radical (unpaired) electrons. The lowest BCUT2D eigenvalue weighted by atomic mass is 10.2. The van der Waals surface area contributed by atoms with Gasteiger partial charge in [0.1, 0.15) is 19.8 Å². The zero-order valence-electron chi connectivity index (χ0n) is 14.0. The smallest absolute Gasteiger partial charge is 0.232 e. The lowest BCUT2D eigenvalue weighted by Crippen LogP contribution is -2.37. The lowest BCUT2D eigenvalue weighted by molar-refractivity contribution is -0.604. The lowest BCUT2D eigenvalue weighted by Gasteiger charge is -2.22. The van der Waals surface area contributed by atoms with Crippen LogP contribution in [0.2, 0.25) is 5.15 Å². The number of hydrogen-bond donors (Lipinski definition) is 0. The summed E-state index contributed by atoms with van der Waals surface area (Å²) in [6.07, 6.45) is 9.08. The van der Waals surface area contributed by atoms with Crippen molar-refractivity contribution in [2.75, 3.05) is 23.5 Å². The van der Waals surface area contributed by atoms with Crippen molar-refractivity contribution < 1.29 is 17.9 Å². The van der Waals surface area contributed by atoms with Crippen molar-refractivity contribution in [2.45, 2.75) is 6.92 Å². The van der Waals surface area contributed by atoms with Crippen LogP contribution in [-0.2, 0) is 14.6 Å².